The lowest BCUT2D eigenvalue weighted by Gasteiger charge is -2.31. The number of sulfone groups is 1. The highest BCUT2D eigenvalue weighted by Crippen LogP contribution is 2.33. The molecule has 0 spiro atoms. The number of benzene rings is 1. The Kier molecular flexibility index (Phi) is 5.49. The highest BCUT2D eigenvalue weighted by atomic mass is 32.2. The van der Waals surface area contributed by atoms with E-state index in [1.807, 2.05) is 36.4 Å². The normalized spacial score (nSPS) is 21.1. The van der Waals surface area contributed by atoms with Crippen LogP contribution in [0.3, 0.4) is 0 Å². The molecule has 1 fully saturated rings. The van der Waals surface area contributed by atoms with Gasteiger partial charge in [0.15, 0.2) is 15.6 Å². The number of carbonyl (C=O) groups is 2. The average Bonchev–Trinajstić information content (AvgIpc) is 3.57. The SMILES string of the molecule is CC1=C(C#N)C(=O)N(C2CCS(=O)(=O)C2)C(=O)C1=Cc1cn(-c2ccccc2)nc1-c1ccco1. The number of rotatable bonds is 4. The maximum absolute atomic E-state index is 13.5. The van der Waals surface area contributed by atoms with Crippen molar-refractivity contribution in [3.63, 3.8) is 0 Å². The number of imide groups is 1. The van der Waals surface area contributed by atoms with Gasteiger partial charge in [-0.05, 0) is 49.3 Å². The van der Waals surface area contributed by atoms with Crippen LogP contribution in [0, 0.1) is 11.3 Å². The molecule has 10 heteroatoms. The largest absolute Gasteiger partial charge is 0.463 e. The van der Waals surface area contributed by atoms with E-state index in [0.717, 1.165) is 10.6 Å². The molecule has 0 aliphatic carbocycles. The molecule has 0 radical (unpaired) electrons. The van der Waals surface area contributed by atoms with E-state index in [2.05, 4.69) is 5.10 Å². The first-order chi connectivity index (χ1) is 16.8. The molecule has 3 aromatic rings. The summed E-state index contributed by atoms with van der Waals surface area (Å²) >= 11 is 0. The first-order valence-corrected chi connectivity index (χ1v) is 12.7. The van der Waals surface area contributed by atoms with Gasteiger partial charge in [-0.2, -0.15) is 10.4 Å². The minimum absolute atomic E-state index is 0.106. The number of amides is 2. The van der Waals surface area contributed by atoms with Crippen LogP contribution in [-0.4, -0.2) is 52.5 Å². The number of hydrogen-bond acceptors (Lipinski definition) is 7. The maximum Gasteiger partial charge on any atom is 0.271 e. The second-order valence-corrected chi connectivity index (χ2v) is 10.6. The highest BCUT2D eigenvalue weighted by Gasteiger charge is 2.43. The van der Waals surface area contributed by atoms with E-state index in [9.17, 15) is 23.3 Å². The molecule has 1 saturated heterocycles. The van der Waals surface area contributed by atoms with Crippen molar-refractivity contribution in [1.29, 1.82) is 5.26 Å². The lowest BCUT2D eigenvalue weighted by atomic mass is 9.92. The lowest BCUT2D eigenvalue weighted by molar-refractivity contribution is -0.142. The van der Waals surface area contributed by atoms with Crippen LogP contribution >= 0.6 is 0 Å². The summed E-state index contributed by atoms with van der Waals surface area (Å²) in [6.45, 7) is 1.54. The fourth-order valence-electron chi connectivity index (χ4n) is 4.38. The van der Waals surface area contributed by atoms with Crippen LogP contribution in [0.1, 0.15) is 18.9 Å². The topological polar surface area (TPSA) is 126 Å². The van der Waals surface area contributed by atoms with Gasteiger partial charge < -0.3 is 4.42 Å². The summed E-state index contributed by atoms with van der Waals surface area (Å²) in [5.41, 5.74) is 1.98. The third kappa shape index (κ3) is 4.00. The van der Waals surface area contributed by atoms with Gasteiger partial charge in [0.1, 0.15) is 17.3 Å². The van der Waals surface area contributed by atoms with Crippen LogP contribution < -0.4 is 0 Å². The van der Waals surface area contributed by atoms with Gasteiger partial charge in [-0.25, -0.2) is 13.1 Å². The van der Waals surface area contributed by atoms with Crippen LogP contribution in [-0.2, 0) is 19.4 Å². The molecule has 0 bridgehead atoms. The van der Waals surface area contributed by atoms with E-state index in [0.29, 0.717) is 17.0 Å². The molecule has 176 valence electrons. The summed E-state index contributed by atoms with van der Waals surface area (Å²) in [6.07, 6.45) is 4.96. The van der Waals surface area contributed by atoms with Crippen LogP contribution in [0.5, 0.6) is 0 Å². The first-order valence-electron chi connectivity index (χ1n) is 10.9. The first kappa shape index (κ1) is 22.6. The van der Waals surface area contributed by atoms with Gasteiger partial charge in [0, 0.05) is 17.3 Å². The summed E-state index contributed by atoms with van der Waals surface area (Å²) in [5, 5.41) is 14.3. The van der Waals surface area contributed by atoms with Crippen molar-refractivity contribution in [2.75, 3.05) is 11.5 Å². The molecule has 1 atom stereocenters. The summed E-state index contributed by atoms with van der Waals surface area (Å²) in [4.78, 5) is 27.4. The Labute approximate surface area is 201 Å². The molecule has 5 rings (SSSR count). The van der Waals surface area contributed by atoms with Crippen molar-refractivity contribution in [2.45, 2.75) is 19.4 Å². The lowest BCUT2D eigenvalue weighted by Crippen LogP contribution is -2.49. The minimum Gasteiger partial charge on any atom is -0.463 e. The molecule has 2 amide bonds. The van der Waals surface area contributed by atoms with E-state index in [1.165, 1.54) is 13.2 Å². The van der Waals surface area contributed by atoms with Gasteiger partial charge >= 0.3 is 0 Å². The minimum atomic E-state index is -3.36. The predicted molar refractivity (Wildman–Crippen MR) is 126 cm³/mol. The number of nitriles is 1. The Bertz CT molecular complexity index is 1540. The van der Waals surface area contributed by atoms with E-state index in [4.69, 9.17) is 4.42 Å². The maximum atomic E-state index is 13.5. The molecule has 4 heterocycles. The predicted octanol–water partition coefficient (Wildman–Crippen LogP) is 2.91. The van der Waals surface area contributed by atoms with Gasteiger partial charge in [-0.1, -0.05) is 18.2 Å². The quantitative estimate of drug-likeness (QED) is 0.408. The molecule has 35 heavy (non-hydrogen) atoms. The summed E-state index contributed by atoms with van der Waals surface area (Å²) < 4.78 is 31.3. The van der Waals surface area contributed by atoms with Crippen LogP contribution in [0.4, 0.5) is 0 Å². The van der Waals surface area contributed by atoms with Crippen LogP contribution in [0.15, 0.2) is 76.1 Å². The van der Waals surface area contributed by atoms with Gasteiger partial charge in [-0.15, -0.1) is 0 Å². The third-order valence-corrected chi connectivity index (χ3v) is 7.91. The Hall–Kier alpha value is -4.23. The third-order valence-electron chi connectivity index (χ3n) is 6.16. The van der Waals surface area contributed by atoms with Gasteiger partial charge in [-0.3, -0.25) is 14.5 Å². The standard InChI is InChI=1S/C25H20N4O5S/c1-16-20(24(30)29(25(31)21(16)13-26)19-9-11-35(32,33)15-19)12-17-14-28(18-6-3-2-4-7-18)27-23(17)22-8-5-10-34-22/h2-8,10,12,14,19H,9,11,15H2,1H3. The zero-order valence-electron chi connectivity index (χ0n) is 18.7. The van der Waals surface area contributed by atoms with E-state index in [-0.39, 0.29) is 34.6 Å². The number of furan rings is 1. The van der Waals surface area contributed by atoms with Crippen molar-refractivity contribution < 1.29 is 22.4 Å². The molecule has 2 aliphatic rings. The fraction of sp³-hybridized carbons (Fsp3) is 0.200. The molecular formula is C25H20N4O5S. The van der Waals surface area contributed by atoms with E-state index >= 15 is 0 Å². The number of nitrogens with zero attached hydrogens (tertiary/aromatic N) is 4. The summed E-state index contributed by atoms with van der Waals surface area (Å²) in [7, 11) is -3.36. The monoisotopic (exact) mass is 488 g/mol. The van der Waals surface area contributed by atoms with Crippen molar-refractivity contribution in [3.8, 4) is 23.2 Å². The summed E-state index contributed by atoms with van der Waals surface area (Å²) in [5.74, 6) is -1.33. The second-order valence-electron chi connectivity index (χ2n) is 8.40. The van der Waals surface area contributed by atoms with Gasteiger partial charge in [0.05, 0.1) is 29.5 Å². The number of para-hydroxylation sites is 1. The molecule has 1 unspecified atom stereocenters. The molecule has 2 aromatic heterocycles. The Morgan fingerprint density at radius 3 is 2.54 bits per heavy atom. The zero-order chi connectivity index (χ0) is 24.7. The second kappa shape index (κ2) is 8.52. The van der Waals surface area contributed by atoms with Gasteiger partial charge in [0.2, 0.25) is 0 Å². The number of hydrogen-bond donors (Lipinski definition) is 0. The van der Waals surface area contributed by atoms with Crippen LogP contribution in [0.25, 0.3) is 23.2 Å². The molecule has 1 aromatic carbocycles. The Balaban J connectivity index is 1.65. The molecule has 0 N–H and O–H groups in total. The molecule has 0 saturated carbocycles. The molecular weight excluding hydrogens is 468 g/mol. The molecule has 9 nitrogen and oxygen atoms in total. The van der Waals surface area contributed by atoms with Crippen molar-refractivity contribution in [2.24, 2.45) is 0 Å². The van der Waals surface area contributed by atoms with E-state index < -0.39 is 27.7 Å². The number of carbonyl (C=O) groups excluding carboxylic acids is 2. The van der Waals surface area contributed by atoms with Crippen molar-refractivity contribution in [3.05, 3.63) is 77.2 Å². The average molecular weight is 489 g/mol. The van der Waals surface area contributed by atoms with Crippen LogP contribution in [0.2, 0.25) is 0 Å². The number of aromatic nitrogens is 2. The highest BCUT2D eigenvalue weighted by molar-refractivity contribution is 7.91. The van der Waals surface area contributed by atoms with E-state index in [1.54, 1.807) is 29.1 Å². The zero-order valence-corrected chi connectivity index (χ0v) is 19.5. The fourth-order valence-corrected chi connectivity index (χ4v) is 6.08. The van der Waals surface area contributed by atoms with Gasteiger partial charge in [0.25, 0.3) is 11.8 Å². The Morgan fingerprint density at radius 1 is 1.14 bits per heavy atom. The Morgan fingerprint density at radius 2 is 1.91 bits per heavy atom. The van der Waals surface area contributed by atoms with Crippen molar-refractivity contribution >= 4 is 27.7 Å². The summed E-state index contributed by atoms with van der Waals surface area (Å²) in [6, 6.07) is 13.9. The molecule has 2 aliphatic heterocycles. The van der Waals surface area contributed by atoms with Crippen molar-refractivity contribution in [1.82, 2.24) is 14.7 Å². The smallest absolute Gasteiger partial charge is 0.271 e.